The van der Waals surface area contributed by atoms with E-state index in [0.29, 0.717) is 5.92 Å². The molecule has 0 saturated heterocycles. The summed E-state index contributed by atoms with van der Waals surface area (Å²) in [6, 6.07) is 2.04. The van der Waals surface area contributed by atoms with Gasteiger partial charge in [-0.05, 0) is 31.9 Å². The number of aromatic nitrogens is 2. The van der Waals surface area contributed by atoms with Gasteiger partial charge in [0.15, 0.2) is 0 Å². The first-order valence-corrected chi connectivity index (χ1v) is 7.92. The molecule has 1 N–H and O–H groups in total. The van der Waals surface area contributed by atoms with Crippen LogP contribution in [-0.2, 0) is 6.54 Å². The van der Waals surface area contributed by atoms with E-state index in [4.69, 9.17) is 4.98 Å². The van der Waals surface area contributed by atoms with Crippen LogP contribution in [0, 0.1) is 0 Å². The topological polar surface area (TPSA) is 37.8 Å². The summed E-state index contributed by atoms with van der Waals surface area (Å²) < 4.78 is 0. The third kappa shape index (κ3) is 4.90. The van der Waals surface area contributed by atoms with E-state index in [2.05, 4.69) is 17.2 Å². The second-order valence-corrected chi connectivity index (χ2v) is 5.62. The van der Waals surface area contributed by atoms with E-state index in [1.165, 1.54) is 51.4 Å². The third-order valence-corrected chi connectivity index (χ3v) is 3.94. The highest BCUT2D eigenvalue weighted by Gasteiger charge is 2.16. The fourth-order valence-corrected chi connectivity index (χ4v) is 2.82. The summed E-state index contributed by atoms with van der Waals surface area (Å²) in [6.07, 6.45) is 12.5. The van der Waals surface area contributed by atoms with Crippen molar-refractivity contribution in [1.29, 1.82) is 0 Å². The maximum absolute atomic E-state index is 4.77. The standard InChI is InChI=1S/C16H27N3/c1-2-11-17-13-15-10-12-18-16(19-15)14-8-6-4-3-5-7-9-14/h10,12,14,17H,2-9,11,13H2,1H3. The van der Waals surface area contributed by atoms with Crippen LogP contribution in [0.2, 0.25) is 0 Å². The Morgan fingerprint density at radius 1 is 1.16 bits per heavy atom. The van der Waals surface area contributed by atoms with Crippen LogP contribution in [0.15, 0.2) is 12.3 Å². The minimum atomic E-state index is 0.589. The molecule has 0 radical (unpaired) electrons. The largest absolute Gasteiger partial charge is 0.311 e. The third-order valence-electron chi connectivity index (χ3n) is 3.94. The van der Waals surface area contributed by atoms with Crippen molar-refractivity contribution in [3.05, 3.63) is 23.8 Å². The predicted molar refractivity (Wildman–Crippen MR) is 79.1 cm³/mol. The molecule has 3 nitrogen and oxygen atoms in total. The van der Waals surface area contributed by atoms with E-state index in [1.807, 2.05) is 12.3 Å². The Morgan fingerprint density at radius 3 is 2.63 bits per heavy atom. The zero-order chi connectivity index (χ0) is 13.3. The second kappa shape index (κ2) is 8.26. The second-order valence-electron chi connectivity index (χ2n) is 5.62. The predicted octanol–water partition coefficient (Wildman–Crippen LogP) is 3.80. The molecule has 0 aromatic carbocycles. The van der Waals surface area contributed by atoms with Crippen molar-refractivity contribution < 1.29 is 0 Å². The van der Waals surface area contributed by atoms with Gasteiger partial charge in [0.05, 0.1) is 5.69 Å². The molecule has 1 aliphatic rings. The Morgan fingerprint density at radius 2 is 1.89 bits per heavy atom. The first-order chi connectivity index (χ1) is 9.40. The first-order valence-electron chi connectivity index (χ1n) is 7.92. The van der Waals surface area contributed by atoms with Crippen molar-refractivity contribution in [3.8, 4) is 0 Å². The highest BCUT2D eigenvalue weighted by atomic mass is 14.9. The monoisotopic (exact) mass is 261 g/mol. The molecule has 1 fully saturated rings. The van der Waals surface area contributed by atoms with Crippen LogP contribution in [0.25, 0.3) is 0 Å². The van der Waals surface area contributed by atoms with Gasteiger partial charge in [-0.3, -0.25) is 0 Å². The lowest BCUT2D eigenvalue weighted by Crippen LogP contribution is -2.16. The number of nitrogens with one attached hydrogen (secondary N) is 1. The van der Waals surface area contributed by atoms with Gasteiger partial charge in [-0.2, -0.15) is 0 Å². The van der Waals surface area contributed by atoms with Crippen LogP contribution in [0.3, 0.4) is 0 Å². The maximum Gasteiger partial charge on any atom is 0.131 e. The van der Waals surface area contributed by atoms with E-state index in [9.17, 15) is 0 Å². The van der Waals surface area contributed by atoms with Gasteiger partial charge in [0, 0.05) is 18.7 Å². The molecule has 0 bridgehead atoms. The Balaban J connectivity index is 1.95. The molecular weight excluding hydrogens is 234 g/mol. The van der Waals surface area contributed by atoms with E-state index in [-0.39, 0.29) is 0 Å². The minimum Gasteiger partial charge on any atom is -0.311 e. The fourth-order valence-electron chi connectivity index (χ4n) is 2.82. The lowest BCUT2D eigenvalue weighted by atomic mass is 9.90. The zero-order valence-corrected chi connectivity index (χ0v) is 12.2. The summed E-state index contributed by atoms with van der Waals surface area (Å²) in [5.74, 6) is 1.67. The summed E-state index contributed by atoms with van der Waals surface area (Å²) in [5.41, 5.74) is 1.14. The van der Waals surface area contributed by atoms with E-state index in [0.717, 1.165) is 24.6 Å². The van der Waals surface area contributed by atoms with Gasteiger partial charge in [0.25, 0.3) is 0 Å². The van der Waals surface area contributed by atoms with Crippen molar-refractivity contribution >= 4 is 0 Å². The van der Waals surface area contributed by atoms with Gasteiger partial charge in [-0.25, -0.2) is 9.97 Å². The summed E-state index contributed by atoms with van der Waals surface area (Å²) in [6.45, 7) is 4.12. The van der Waals surface area contributed by atoms with Crippen molar-refractivity contribution in [2.24, 2.45) is 0 Å². The highest BCUT2D eigenvalue weighted by Crippen LogP contribution is 2.28. The molecule has 1 aliphatic carbocycles. The Labute approximate surface area is 117 Å². The van der Waals surface area contributed by atoms with E-state index in [1.54, 1.807) is 0 Å². The summed E-state index contributed by atoms with van der Waals surface area (Å²) in [5, 5.41) is 3.41. The SMILES string of the molecule is CCCNCc1ccnc(C2CCCCCCC2)n1. The molecular formula is C16H27N3. The van der Waals surface area contributed by atoms with Gasteiger partial charge in [0.1, 0.15) is 5.82 Å². The van der Waals surface area contributed by atoms with Crippen molar-refractivity contribution in [3.63, 3.8) is 0 Å². The average molecular weight is 261 g/mol. The van der Waals surface area contributed by atoms with Crippen LogP contribution >= 0.6 is 0 Å². The number of hydrogen-bond donors (Lipinski definition) is 1. The van der Waals surface area contributed by atoms with Gasteiger partial charge in [0.2, 0.25) is 0 Å². The number of hydrogen-bond acceptors (Lipinski definition) is 3. The van der Waals surface area contributed by atoms with Gasteiger partial charge in [-0.15, -0.1) is 0 Å². The fraction of sp³-hybridized carbons (Fsp3) is 0.750. The normalized spacial score (nSPS) is 17.9. The van der Waals surface area contributed by atoms with Gasteiger partial charge >= 0.3 is 0 Å². The molecule has 1 saturated carbocycles. The highest BCUT2D eigenvalue weighted by molar-refractivity contribution is 5.06. The van der Waals surface area contributed by atoms with Crippen LogP contribution in [0.5, 0.6) is 0 Å². The molecule has 0 aliphatic heterocycles. The molecule has 0 unspecified atom stereocenters. The van der Waals surface area contributed by atoms with E-state index < -0.39 is 0 Å². The molecule has 0 atom stereocenters. The van der Waals surface area contributed by atoms with Crippen LogP contribution in [-0.4, -0.2) is 16.5 Å². The number of nitrogens with zero attached hydrogens (tertiary/aromatic N) is 2. The molecule has 1 heterocycles. The lowest BCUT2D eigenvalue weighted by Gasteiger charge is -2.18. The van der Waals surface area contributed by atoms with E-state index >= 15 is 0 Å². The Hall–Kier alpha value is -0.960. The minimum absolute atomic E-state index is 0.589. The molecule has 1 aromatic rings. The zero-order valence-electron chi connectivity index (χ0n) is 12.2. The molecule has 106 valence electrons. The molecule has 0 spiro atoms. The van der Waals surface area contributed by atoms with Gasteiger partial charge < -0.3 is 5.32 Å². The molecule has 2 rings (SSSR count). The van der Waals surface area contributed by atoms with Crippen LogP contribution < -0.4 is 5.32 Å². The Bertz CT molecular complexity index is 357. The van der Waals surface area contributed by atoms with Crippen molar-refractivity contribution in [1.82, 2.24) is 15.3 Å². The summed E-state index contributed by atoms with van der Waals surface area (Å²) in [4.78, 5) is 9.29. The van der Waals surface area contributed by atoms with Crippen molar-refractivity contribution in [2.45, 2.75) is 70.8 Å². The van der Waals surface area contributed by atoms with Crippen LogP contribution in [0.4, 0.5) is 0 Å². The first kappa shape index (κ1) is 14.4. The lowest BCUT2D eigenvalue weighted by molar-refractivity contribution is 0.441. The summed E-state index contributed by atoms with van der Waals surface area (Å²) in [7, 11) is 0. The van der Waals surface area contributed by atoms with Crippen molar-refractivity contribution in [2.75, 3.05) is 6.54 Å². The maximum atomic E-state index is 4.77. The quantitative estimate of drug-likeness (QED) is 0.819. The molecule has 19 heavy (non-hydrogen) atoms. The number of rotatable bonds is 5. The smallest absolute Gasteiger partial charge is 0.131 e. The van der Waals surface area contributed by atoms with Crippen LogP contribution in [0.1, 0.15) is 75.7 Å². The Kier molecular flexibility index (Phi) is 6.28. The molecule has 3 heteroatoms. The average Bonchev–Trinajstić information content (AvgIpc) is 2.39. The molecule has 1 aromatic heterocycles. The van der Waals surface area contributed by atoms with Gasteiger partial charge in [-0.1, -0.05) is 39.0 Å². The summed E-state index contributed by atoms with van der Waals surface area (Å²) >= 11 is 0. The molecule has 0 amide bonds.